The Labute approximate surface area is 141 Å². The predicted octanol–water partition coefficient (Wildman–Crippen LogP) is 3.57. The lowest BCUT2D eigenvalue weighted by Crippen LogP contribution is -2.29. The molecule has 0 radical (unpaired) electrons. The van der Waals surface area contributed by atoms with E-state index in [2.05, 4.69) is 18.8 Å². The van der Waals surface area contributed by atoms with Gasteiger partial charge in [-0.3, -0.25) is 14.5 Å². The van der Waals surface area contributed by atoms with E-state index < -0.39 is 5.97 Å². The molecule has 1 fully saturated rings. The van der Waals surface area contributed by atoms with Crippen LogP contribution in [0.1, 0.15) is 51.9 Å². The van der Waals surface area contributed by atoms with Crippen molar-refractivity contribution in [2.24, 2.45) is 0 Å². The first-order valence-corrected chi connectivity index (χ1v) is 8.72. The van der Waals surface area contributed by atoms with E-state index in [0.717, 1.165) is 12.8 Å². The van der Waals surface area contributed by atoms with Crippen LogP contribution in [0.5, 0.6) is 0 Å². The molecule has 22 heavy (non-hydrogen) atoms. The van der Waals surface area contributed by atoms with E-state index in [1.807, 2.05) is 0 Å². The minimum absolute atomic E-state index is 0.0354. The number of carbonyl (C=O) groups excluding carboxylic acids is 1. The number of carboxylic acid groups (broad SMARTS) is 1. The van der Waals surface area contributed by atoms with E-state index in [1.165, 1.54) is 35.9 Å². The number of hydrogen-bond acceptors (Lipinski definition) is 4. The average Bonchev–Trinajstić information content (AvgIpc) is 2.73. The molecule has 0 aliphatic carbocycles. The molecule has 1 aliphatic rings. The van der Waals surface area contributed by atoms with Gasteiger partial charge in [-0.25, -0.2) is 0 Å². The summed E-state index contributed by atoms with van der Waals surface area (Å²) >= 11 is 6.39. The summed E-state index contributed by atoms with van der Waals surface area (Å²) in [4.78, 5) is 24.6. The molecule has 1 rings (SSSR count). The number of amides is 1. The first-order valence-electron chi connectivity index (χ1n) is 7.50. The maximum Gasteiger partial charge on any atom is 0.303 e. The largest absolute Gasteiger partial charge is 0.481 e. The zero-order chi connectivity index (χ0) is 16.4. The molecule has 0 spiro atoms. The predicted molar refractivity (Wildman–Crippen MR) is 93.4 cm³/mol. The molecule has 1 N–H and O–H groups in total. The van der Waals surface area contributed by atoms with Crippen LogP contribution in [-0.2, 0) is 9.59 Å². The molecular weight excluding hydrogens is 318 g/mol. The Morgan fingerprint density at radius 1 is 1.36 bits per heavy atom. The molecule has 1 heterocycles. The fraction of sp³-hybridized carbons (Fsp3) is 0.562. The van der Waals surface area contributed by atoms with Crippen LogP contribution < -0.4 is 0 Å². The zero-order valence-corrected chi connectivity index (χ0v) is 14.4. The Bertz CT molecular complexity index is 517. The lowest BCUT2D eigenvalue weighted by atomic mass is 10.2. The van der Waals surface area contributed by atoms with Gasteiger partial charge in [0.15, 0.2) is 0 Å². The first kappa shape index (κ1) is 18.7. The molecule has 0 aromatic heterocycles. The van der Waals surface area contributed by atoms with Gasteiger partial charge in [0.25, 0.3) is 5.91 Å². The highest BCUT2D eigenvalue weighted by atomic mass is 32.2. The quantitative estimate of drug-likeness (QED) is 0.317. The number of thiocarbonyl (C=S) groups is 1. The standard InChI is InChI=1S/C16H21NO3S2/c1-2-3-4-5-6-7-8-10-13-15(20)17(16(21)22-13)12-9-11-14(18)19/h10H,2-6,9,11-12H2,1H3,(H,18,19)/b13-10-. The fourth-order valence-corrected chi connectivity index (χ4v) is 3.14. The summed E-state index contributed by atoms with van der Waals surface area (Å²) < 4.78 is 0.478. The third-order valence-corrected chi connectivity index (χ3v) is 4.48. The molecule has 1 aliphatic heterocycles. The maximum atomic E-state index is 12.1. The van der Waals surface area contributed by atoms with Crippen LogP contribution in [0.4, 0.5) is 0 Å². The third kappa shape index (κ3) is 6.63. The molecule has 0 atom stereocenters. The summed E-state index contributed by atoms with van der Waals surface area (Å²) in [7, 11) is 0. The van der Waals surface area contributed by atoms with Crippen molar-refractivity contribution < 1.29 is 14.7 Å². The number of aliphatic carboxylic acids is 1. The van der Waals surface area contributed by atoms with Gasteiger partial charge in [-0.15, -0.1) is 0 Å². The van der Waals surface area contributed by atoms with Gasteiger partial charge in [-0.05, 0) is 12.8 Å². The Kier molecular flexibility index (Phi) is 8.86. The number of carboxylic acids is 1. The maximum absolute atomic E-state index is 12.1. The van der Waals surface area contributed by atoms with E-state index in [9.17, 15) is 9.59 Å². The van der Waals surface area contributed by atoms with Gasteiger partial charge in [0.2, 0.25) is 0 Å². The lowest BCUT2D eigenvalue weighted by molar-refractivity contribution is -0.137. The van der Waals surface area contributed by atoms with Crippen molar-refractivity contribution in [3.63, 3.8) is 0 Å². The van der Waals surface area contributed by atoms with Crippen molar-refractivity contribution in [2.45, 2.75) is 51.9 Å². The number of thioether (sulfide) groups is 1. The second-order valence-electron chi connectivity index (χ2n) is 4.96. The van der Waals surface area contributed by atoms with Crippen LogP contribution >= 0.6 is 24.0 Å². The normalized spacial score (nSPS) is 16.0. The average molecular weight is 339 g/mol. The summed E-state index contributed by atoms with van der Waals surface area (Å²) in [6.45, 7) is 2.52. The fourth-order valence-electron chi connectivity index (χ4n) is 1.91. The summed E-state index contributed by atoms with van der Waals surface area (Å²) in [6, 6.07) is 0. The summed E-state index contributed by atoms with van der Waals surface area (Å²) in [5.74, 6) is 4.93. The van der Waals surface area contributed by atoms with Crippen molar-refractivity contribution in [1.29, 1.82) is 0 Å². The van der Waals surface area contributed by atoms with Crippen LogP contribution in [0.2, 0.25) is 0 Å². The van der Waals surface area contributed by atoms with Crippen LogP contribution in [0.25, 0.3) is 0 Å². The second kappa shape index (κ2) is 10.4. The molecular formula is C16H21NO3S2. The van der Waals surface area contributed by atoms with Gasteiger partial charge in [0, 0.05) is 25.5 Å². The molecule has 0 aromatic carbocycles. The summed E-state index contributed by atoms with van der Waals surface area (Å²) in [5.41, 5.74) is 0. The number of hydrogen-bond donors (Lipinski definition) is 1. The SMILES string of the molecule is CCCCCCC#C/C=C1\SC(=S)N(CCCC(=O)O)C1=O. The third-order valence-electron chi connectivity index (χ3n) is 3.11. The summed E-state index contributed by atoms with van der Waals surface area (Å²) in [5, 5.41) is 8.62. The van der Waals surface area contributed by atoms with Crippen LogP contribution in [-0.4, -0.2) is 32.7 Å². The molecule has 0 bridgehead atoms. The molecule has 0 unspecified atom stereocenters. The van der Waals surface area contributed by atoms with Gasteiger partial charge in [-0.1, -0.05) is 62.0 Å². The molecule has 120 valence electrons. The van der Waals surface area contributed by atoms with Crippen molar-refractivity contribution in [3.8, 4) is 11.8 Å². The van der Waals surface area contributed by atoms with E-state index in [4.69, 9.17) is 17.3 Å². The zero-order valence-electron chi connectivity index (χ0n) is 12.8. The van der Waals surface area contributed by atoms with Crippen LogP contribution in [0, 0.1) is 11.8 Å². The summed E-state index contributed by atoms with van der Waals surface area (Å²) in [6.07, 6.45) is 7.62. The van der Waals surface area contributed by atoms with Crippen molar-refractivity contribution >= 4 is 40.2 Å². The van der Waals surface area contributed by atoms with Gasteiger partial charge >= 0.3 is 5.97 Å². The van der Waals surface area contributed by atoms with Crippen molar-refractivity contribution in [1.82, 2.24) is 4.90 Å². The van der Waals surface area contributed by atoms with Gasteiger partial charge in [0.05, 0.1) is 4.91 Å². The van der Waals surface area contributed by atoms with E-state index in [0.29, 0.717) is 22.2 Å². The number of allylic oxidation sites excluding steroid dienone is 1. The minimum Gasteiger partial charge on any atom is -0.481 e. The Hall–Kier alpha value is -1.32. The second-order valence-corrected chi connectivity index (χ2v) is 6.64. The topological polar surface area (TPSA) is 57.6 Å². The highest BCUT2D eigenvalue weighted by Gasteiger charge is 2.31. The number of nitrogens with zero attached hydrogens (tertiary/aromatic N) is 1. The Morgan fingerprint density at radius 3 is 2.82 bits per heavy atom. The van der Waals surface area contributed by atoms with Gasteiger partial charge < -0.3 is 5.11 Å². The molecule has 1 saturated heterocycles. The van der Waals surface area contributed by atoms with Crippen molar-refractivity contribution in [2.75, 3.05) is 6.54 Å². The minimum atomic E-state index is -0.866. The van der Waals surface area contributed by atoms with Gasteiger partial charge in [-0.2, -0.15) is 0 Å². The van der Waals surface area contributed by atoms with E-state index >= 15 is 0 Å². The van der Waals surface area contributed by atoms with Crippen LogP contribution in [0.3, 0.4) is 0 Å². The highest BCUT2D eigenvalue weighted by molar-refractivity contribution is 8.26. The number of carbonyl (C=O) groups is 2. The first-order chi connectivity index (χ1) is 10.6. The highest BCUT2D eigenvalue weighted by Crippen LogP contribution is 2.30. The Balaban J connectivity index is 2.44. The van der Waals surface area contributed by atoms with Gasteiger partial charge in [0.1, 0.15) is 4.32 Å². The lowest BCUT2D eigenvalue weighted by Gasteiger charge is -2.12. The molecule has 0 aromatic rings. The molecule has 0 saturated carbocycles. The molecule has 4 nitrogen and oxygen atoms in total. The monoisotopic (exact) mass is 339 g/mol. The molecule has 6 heteroatoms. The number of unbranched alkanes of at least 4 members (excludes halogenated alkanes) is 4. The Morgan fingerprint density at radius 2 is 2.14 bits per heavy atom. The van der Waals surface area contributed by atoms with Crippen molar-refractivity contribution in [3.05, 3.63) is 11.0 Å². The number of rotatable bonds is 8. The molecule has 1 amide bonds. The smallest absolute Gasteiger partial charge is 0.303 e. The van der Waals surface area contributed by atoms with E-state index in [1.54, 1.807) is 6.08 Å². The van der Waals surface area contributed by atoms with Crippen LogP contribution in [0.15, 0.2) is 11.0 Å². The van der Waals surface area contributed by atoms with E-state index in [-0.39, 0.29) is 12.3 Å².